The fourth-order valence-corrected chi connectivity index (χ4v) is 1.73. The molecule has 3 nitrogen and oxygen atoms in total. The minimum Gasteiger partial charge on any atom is -0.478 e. The number of carboxylic acids is 1. The van der Waals surface area contributed by atoms with Gasteiger partial charge >= 0.3 is 5.97 Å². The van der Waals surface area contributed by atoms with Crippen LogP contribution in [0.25, 0.3) is 0 Å². The first-order valence-corrected chi connectivity index (χ1v) is 5.72. The highest BCUT2D eigenvalue weighted by atomic mass is 35.5. The highest BCUT2D eigenvalue weighted by Gasteiger charge is 2.13. The van der Waals surface area contributed by atoms with Crippen LogP contribution in [0.3, 0.4) is 0 Å². The number of hydrogen-bond donors (Lipinski definition) is 1. The maximum Gasteiger partial charge on any atom is 0.337 e. The Bertz CT molecular complexity index is 576. The molecule has 0 aromatic heterocycles. The first-order valence-electron chi connectivity index (χ1n) is 5.34. The number of ether oxygens (including phenoxy) is 1. The van der Waals surface area contributed by atoms with Gasteiger partial charge in [-0.25, -0.2) is 4.79 Å². The van der Waals surface area contributed by atoms with E-state index in [-0.39, 0.29) is 10.6 Å². The maximum atomic E-state index is 10.9. The maximum absolute atomic E-state index is 10.9. The quantitative estimate of drug-likeness (QED) is 0.904. The fourth-order valence-electron chi connectivity index (χ4n) is 1.49. The molecule has 92 valence electrons. The van der Waals surface area contributed by atoms with Gasteiger partial charge in [-0.15, -0.1) is 0 Å². The van der Waals surface area contributed by atoms with Crippen molar-refractivity contribution in [1.82, 2.24) is 0 Å². The van der Waals surface area contributed by atoms with Gasteiger partial charge in [-0.05, 0) is 31.2 Å². The van der Waals surface area contributed by atoms with E-state index in [1.54, 1.807) is 24.3 Å². The summed E-state index contributed by atoms with van der Waals surface area (Å²) < 4.78 is 5.56. The SMILES string of the molecule is Cc1ccc(Oc2cccc(C(=O)O)c2Cl)cc1. The second-order valence-corrected chi connectivity index (χ2v) is 4.22. The summed E-state index contributed by atoms with van der Waals surface area (Å²) in [5, 5.41) is 9.05. The summed E-state index contributed by atoms with van der Waals surface area (Å²) in [6, 6.07) is 12.1. The van der Waals surface area contributed by atoms with Crippen molar-refractivity contribution < 1.29 is 14.6 Å². The highest BCUT2D eigenvalue weighted by molar-refractivity contribution is 6.35. The third kappa shape index (κ3) is 2.63. The molecule has 0 saturated carbocycles. The fraction of sp³-hybridized carbons (Fsp3) is 0.0714. The van der Waals surface area contributed by atoms with Gasteiger partial charge in [0, 0.05) is 0 Å². The molecule has 1 N–H and O–H groups in total. The van der Waals surface area contributed by atoms with Crippen molar-refractivity contribution in [3.63, 3.8) is 0 Å². The van der Waals surface area contributed by atoms with Crippen molar-refractivity contribution in [3.05, 3.63) is 58.6 Å². The summed E-state index contributed by atoms with van der Waals surface area (Å²) in [6.45, 7) is 1.97. The van der Waals surface area contributed by atoms with Crippen LogP contribution in [0.4, 0.5) is 0 Å². The number of benzene rings is 2. The Balaban J connectivity index is 2.32. The average Bonchev–Trinajstić information content (AvgIpc) is 2.34. The zero-order valence-electron chi connectivity index (χ0n) is 9.68. The Morgan fingerprint density at radius 1 is 1.17 bits per heavy atom. The van der Waals surface area contributed by atoms with Gasteiger partial charge in [0.25, 0.3) is 0 Å². The molecule has 0 aliphatic rings. The van der Waals surface area contributed by atoms with Crippen LogP contribution < -0.4 is 4.74 Å². The third-order valence-corrected chi connectivity index (χ3v) is 2.83. The van der Waals surface area contributed by atoms with E-state index in [2.05, 4.69) is 0 Å². The summed E-state index contributed by atoms with van der Waals surface area (Å²) in [5.41, 5.74) is 1.15. The van der Waals surface area contributed by atoms with Gasteiger partial charge in [0.15, 0.2) is 0 Å². The number of carboxylic acid groups (broad SMARTS) is 1. The Kier molecular flexibility index (Phi) is 3.53. The van der Waals surface area contributed by atoms with Gasteiger partial charge in [0.2, 0.25) is 0 Å². The van der Waals surface area contributed by atoms with Gasteiger partial charge in [0.1, 0.15) is 11.5 Å². The third-order valence-electron chi connectivity index (χ3n) is 2.44. The molecule has 2 aromatic rings. The molecule has 0 bridgehead atoms. The Hall–Kier alpha value is -2.00. The lowest BCUT2D eigenvalue weighted by Gasteiger charge is -2.09. The van der Waals surface area contributed by atoms with Gasteiger partial charge in [0.05, 0.1) is 10.6 Å². The van der Waals surface area contributed by atoms with E-state index in [1.807, 2.05) is 19.1 Å². The van der Waals surface area contributed by atoms with E-state index in [0.29, 0.717) is 11.5 Å². The topological polar surface area (TPSA) is 46.5 Å². The summed E-state index contributed by atoms with van der Waals surface area (Å²) in [7, 11) is 0. The van der Waals surface area contributed by atoms with Gasteiger partial charge in [-0.2, -0.15) is 0 Å². The minimum atomic E-state index is -1.07. The standard InChI is InChI=1S/C14H11ClO3/c1-9-5-7-10(8-6-9)18-12-4-2-3-11(13(12)15)14(16)17/h2-8H,1H3,(H,16,17). The molecule has 18 heavy (non-hydrogen) atoms. The second kappa shape index (κ2) is 5.10. The molecule has 0 atom stereocenters. The molecular formula is C14H11ClO3. The molecule has 0 heterocycles. The zero-order valence-corrected chi connectivity index (χ0v) is 10.4. The van der Waals surface area contributed by atoms with Crippen LogP contribution in [0.1, 0.15) is 15.9 Å². The number of aromatic carboxylic acids is 1. The summed E-state index contributed by atoms with van der Waals surface area (Å²) >= 11 is 5.98. The molecule has 0 radical (unpaired) electrons. The van der Waals surface area contributed by atoms with E-state index < -0.39 is 5.97 Å². The lowest BCUT2D eigenvalue weighted by Crippen LogP contribution is -1.98. The van der Waals surface area contributed by atoms with Crippen molar-refractivity contribution in [1.29, 1.82) is 0 Å². The van der Waals surface area contributed by atoms with E-state index in [1.165, 1.54) is 6.07 Å². The van der Waals surface area contributed by atoms with Crippen LogP contribution in [-0.2, 0) is 0 Å². The predicted octanol–water partition coefficient (Wildman–Crippen LogP) is 4.14. The van der Waals surface area contributed by atoms with Crippen molar-refractivity contribution in [2.45, 2.75) is 6.92 Å². The van der Waals surface area contributed by atoms with Crippen LogP contribution in [0, 0.1) is 6.92 Å². The number of carbonyl (C=O) groups is 1. The molecule has 2 aromatic carbocycles. The molecular weight excluding hydrogens is 252 g/mol. The van der Waals surface area contributed by atoms with Crippen LogP contribution in [0.15, 0.2) is 42.5 Å². The largest absolute Gasteiger partial charge is 0.478 e. The van der Waals surface area contributed by atoms with Crippen molar-refractivity contribution in [2.75, 3.05) is 0 Å². The summed E-state index contributed by atoms with van der Waals surface area (Å²) in [5.74, 6) is -0.125. The van der Waals surface area contributed by atoms with E-state index in [9.17, 15) is 4.79 Å². The number of halogens is 1. The molecule has 0 amide bonds. The first kappa shape index (κ1) is 12.5. The average molecular weight is 263 g/mol. The van der Waals surface area contributed by atoms with Crippen LogP contribution in [0.2, 0.25) is 5.02 Å². The molecule has 0 unspecified atom stereocenters. The van der Waals surface area contributed by atoms with Crippen molar-refractivity contribution in [2.24, 2.45) is 0 Å². The molecule has 0 aliphatic heterocycles. The molecule has 0 aliphatic carbocycles. The molecule has 0 saturated heterocycles. The van der Waals surface area contributed by atoms with Gasteiger partial charge < -0.3 is 9.84 Å². The molecule has 0 spiro atoms. The Morgan fingerprint density at radius 2 is 1.83 bits per heavy atom. The van der Waals surface area contributed by atoms with E-state index in [0.717, 1.165) is 5.56 Å². The molecule has 4 heteroatoms. The Labute approximate surface area is 110 Å². The van der Waals surface area contributed by atoms with Crippen LogP contribution in [-0.4, -0.2) is 11.1 Å². The number of aryl methyl sites for hydroxylation is 1. The predicted molar refractivity (Wildman–Crippen MR) is 69.7 cm³/mol. The zero-order chi connectivity index (χ0) is 13.1. The lowest BCUT2D eigenvalue weighted by molar-refractivity contribution is 0.0696. The van der Waals surface area contributed by atoms with Crippen LogP contribution >= 0.6 is 11.6 Å². The lowest BCUT2D eigenvalue weighted by atomic mass is 10.2. The smallest absolute Gasteiger partial charge is 0.337 e. The first-order chi connectivity index (χ1) is 8.58. The summed E-state index contributed by atoms with van der Waals surface area (Å²) in [6.07, 6.45) is 0. The summed E-state index contributed by atoms with van der Waals surface area (Å²) in [4.78, 5) is 10.9. The van der Waals surface area contributed by atoms with Crippen LogP contribution in [0.5, 0.6) is 11.5 Å². The van der Waals surface area contributed by atoms with Gasteiger partial charge in [-0.1, -0.05) is 35.4 Å². The van der Waals surface area contributed by atoms with Gasteiger partial charge in [-0.3, -0.25) is 0 Å². The monoisotopic (exact) mass is 262 g/mol. The van der Waals surface area contributed by atoms with E-state index in [4.69, 9.17) is 21.4 Å². The van der Waals surface area contributed by atoms with Crippen molar-refractivity contribution in [3.8, 4) is 11.5 Å². The number of hydrogen-bond acceptors (Lipinski definition) is 2. The molecule has 0 fully saturated rings. The Morgan fingerprint density at radius 3 is 2.44 bits per heavy atom. The second-order valence-electron chi connectivity index (χ2n) is 3.84. The molecule has 2 rings (SSSR count). The van der Waals surface area contributed by atoms with Crippen molar-refractivity contribution >= 4 is 17.6 Å². The number of rotatable bonds is 3. The minimum absolute atomic E-state index is 0.0290. The normalized spacial score (nSPS) is 10.1. The highest BCUT2D eigenvalue weighted by Crippen LogP contribution is 2.32. The van der Waals surface area contributed by atoms with E-state index >= 15 is 0 Å².